The molecule has 3 nitrogen and oxygen atoms in total. The van der Waals surface area contributed by atoms with Gasteiger partial charge in [0.05, 0.1) is 6.10 Å². The molecule has 0 radical (unpaired) electrons. The highest BCUT2D eigenvalue weighted by molar-refractivity contribution is 5.79. The van der Waals surface area contributed by atoms with Crippen molar-refractivity contribution in [2.75, 3.05) is 13.1 Å². The van der Waals surface area contributed by atoms with Gasteiger partial charge in [0, 0.05) is 19.0 Å². The first-order chi connectivity index (χ1) is 11.9. The first-order valence-corrected chi connectivity index (χ1v) is 9.66. The number of carbonyl (C=O) groups excluding carboxylic acids is 1. The summed E-state index contributed by atoms with van der Waals surface area (Å²) in [5.74, 6) is 1.61. The zero-order valence-electron chi connectivity index (χ0n) is 15.3. The molecule has 1 saturated heterocycles. The lowest BCUT2D eigenvalue weighted by Crippen LogP contribution is -2.44. The number of likely N-dealkylation sites (tertiary alicyclic amines) is 1. The lowest BCUT2D eigenvalue weighted by atomic mass is 9.76. The molecule has 1 aliphatic heterocycles. The zero-order valence-corrected chi connectivity index (χ0v) is 15.3. The number of carbonyl (C=O) groups is 1. The number of piperidine rings is 1. The Hall–Kier alpha value is -1.42. The Labute approximate surface area is 150 Å². The van der Waals surface area contributed by atoms with Crippen LogP contribution in [0.15, 0.2) is 24.3 Å². The summed E-state index contributed by atoms with van der Waals surface area (Å²) in [6.45, 7) is 5.95. The molecule has 3 atom stereocenters. The SMILES string of the molecule is CC1CC(C)CC(C(=O)N2CCC(C(O)c3ccc(F)cc3)CC2)C1. The minimum absolute atomic E-state index is 0.138. The van der Waals surface area contributed by atoms with E-state index in [9.17, 15) is 14.3 Å². The molecule has 25 heavy (non-hydrogen) atoms. The molecule has 4 heteroatoms. The molecule has 0 spiro atoms. The quantitative estimate of drug-likeness (QED) is 0.891. The van der Waals surface area contributed by atoms with E-state index in [1.54, 1.807) is 12.1 Å². The van der Waals surface area contributed by atoms with Crippen molar-refractivity contribution in [3.05, 3.63) is 35.6 Å². The van der Waals surface area contributed by atoms with E-state index >= 15 is 0 Å². The molecule has 0 bridgehead atoms. The molecule has 1 aliphatic carbocycles. The van der Waals surface area contributed by atoms with Crippen LogP contribution in [0.1, 0.15) is 57.6 Å². The van der Waals surface area contributed by atoms with E-state index in [0.29, 0.717) is 17.7 Å². The first kappa shape index (κ1) is 18.4. The van der Waals surface area contributed by atoms with E-state index < -0.39 is 6.10 Å². The fourth-order valence-electron chi connectivity index (χ4n) is 4.77. The number of benzene rings is 1. The molecule has 1 amide bonds. The van der Waals surface area contributed by atoms with E-state index in [1.807, 2.05) is 4.90 Å². The molecular weight excluding hydrogens is 317 g/mol. The second-order valence-corrected chi connectivity index (χ2v) is 8.27. The van der Waals surface area contributed by atoms with E-state index in [0.717, 1.165) is 44.3 Å². The van der Waals surface area contributed by atoms with Crippen LogP contribution in [-0.2, 0) is 4.79 Å². The van der Waals surface area contributed by atoms with Gasteiger partial charge in [-0.3, -0.25) is 4.79 Å². The monoisotopic (exact) mass is 347 g/mol. The average Bonchev–Trinajstić information content (AvgIpc) is 2.60. The van der Waals surface area contributed by atoms with Gasteiger partial charge in [0.2, 0.25) is 5.91 Å². The Kier molecular flexibility index (Phi) is 5.78. The number of aliphatic hydroxyl groups excluding tert-OH is 1. The molecule has 0 aromatic heterocycles. The van der Waals surface area contributed by atoms with Crippen LogP contribution < -0.4 is 0 Å². The highest BCUT2D eigenvalue weighted by atomic mass is 19.1. The van der Waals surface area contributed by atoms with Crippen molar-refractivity contribution in [3.63, 3.8) is 0 Å². The van der Waals surface area contributed by atoms with Gasteiger partial charge in [-0.05, 0) is 67.6 Å². The number of hydrogen-bond donors (Lipinski definition) is 1. The van der Waals surface area contributed by atoms with E-state index in [4.69, 9.17) is 0 Å². The van der Waals surface area contributed by atoms with Crippen LogP contribution in [0.25, 0.3) is 0 Å². The first-order valence-electron chi connectivity index (χ1n) is 9.66. The molecule has 138 valence electrons. The van der Waals surface area contributed by atoms with Crippen molar-refractivity contribution in [1.82, 2.24) is 4.90 Å². The average molecular weight is 347 g/mol. The topological polar surface area (TPSA) is 40.5 Å². The minimum Gasteiger partial charge on any atom is -0.388 e. The van der Waals surface area contributed by atoms with Crippen molar-refractivity contribution >= 4 is 5.91 Å². The number of rotatable bonds is 3. The third kappa shape index (κ3) is 4.41. The van der Waals surface area contributed by atoms with Crippen LogP contribution in [-0.4, -0.2) is 29.0 Å². The number of halogens is 1. The fraction of sp³-hybridized carbons (Fsp3) is 0.667. The maximum Gasteiger partial charge on any atom is 0.225 e. The minimum atomic E-state index is -0.576. The molecule has 1 saturated carbocycles. The lowest BCUT2D eigenvalue weighted by Gasteiger charge is -2.38. The van der Waals surface area contributed by atoms with Crippen molar-refractivity contribution in [1.29, 1.82) is 0 Å². The Morgan fingerprint density at radius 1 is 1.08 bits per heavy atom. The summed E-state index contributed by atoms with van der Waals surface area (Å²) in [5, 5.41) is 10.6. The summed E-state index contributed by atoms with van der Waals surface area (Å²) in [4.78, 5) is 14.9. The smallest absolute Gasteiger partial charge is 0.225 e. The fourth-order valence-corrected chi connectivity index (χ4v) is 4.77. The standard InChI is InChI=1S/C21H30FNO2/c1-14-11-15(2)13-18(12-14)21(25)23-9-7-17(8-10-23)20(24)16-3-5-19(22)6-4-16/h3-6,14-15,17-18,20,24H,7-13H2,1-2H3. The van der Waals surface area contributed by atoms with Gasteiger partial charge in [-0.2, -0.15) is 0 Å². The maximum atomic E-state index is 13.0. The van der Waals surface area contributed by atoms with Crippen LogP contribution in [0.2, 0.25) is 0 Å². The molecule has 1 N–H and O–H groups in total. The number of hydrogen-bond acceptors (Lipinski definition) is 2. The van der Waals surface area contributed by atoms with Gasteiger partial charge in [-0.1, -0.05) is 26.0 Å². The van der Waals surface area contributed by atoms with Gasteiger partial charge in [0.1, 0.15) is 5.82 Å². The van der Waals surface area contributed by atoms with Crippen LogP contribution in [0, 0.1) is 29.5 Å². The van der Waals surface area contributed by atoms with E-state index in [2.05, 4.69) is 13.8 Å². The lowest BCUT2D eigenvalue weighted by molar-refractivity contribution is -0.139. The van der Waals surface area contributed by atoms with Gasteiger partial charge in [0.25, 0.3) is 0 Å². The predicted molar refractivity (Wildman–Crippen MR) is 96.3 cm³/mol. The normalized spacial score (nSPS) is 29.4. The highest BCUT2D eigenvalue weighted by Gasteiger charge is 2.34. The predicted octanol–water partition coefficient (Wildman–Crippen LogP) is 4.17. The summed E-state index contributed by atoms with van der Waals surface area (Å²) < 4.78 is 13.0. The summed E-state index contributed by atoms with van der Waals surface area (Å²) in [6.07, 6.45) is 4.30. The van der Waals surface area contributed by atoms with Crippen LogP contribution in [0.4, 0.5) is 4.39 Å². The molecular formula is C21H30FNO2. The van der Waals surface area contributed by atoms with Crippen LogP contribution in [0.3, 0.4) is 0 Å². The number of amides is 1. The third-order valence-corrected chi connectivity index (χ3v) is 6.04. The number of nitrogens with zero attached hydrogens (tertiary/aromatic N) is 1. The molecule has 2 aliphatic rings. The van der Waals surface area contributed by atoms with E-state index in [1.165, 1.54) is 18.6 Å². The molecule has 3 unspecified atom stereocenters. The van der Waals surface area contributed by atoms with Crippen molar-refractivity contribution in [3.8, 4) is 0 Å². The zero-order chi connectivity index (χ0) is 18.0. The summed E-state index contributed by atoms with van der Waals surface area (Å²) in [6, 6.07) is 6.09. The molecule has 3 rings (SSSR count). The van der Waals surface area contributed by atoms with Gasteiger partial charge in [-0.25, -0.2) is 4.39 Å². The second-order valence-electron chi connectivity index (χ2n) is 8.27. The van der Waals surface area contributed by atoms with Crippen molar-refractivity contribution in [2.45, 2.75) is 52.1 Å². The molecule has 1 heterocycles. The molecule has 1 aromatic rings. The largest absolute Gasteiger partial charge is 0.388 e. The van der Waals surface area contributed by atoms with Crippen molar-refractivity contribution < 1.29 is 14.3 Å². The van der Waals surface area contributed by atoms with Gasteiger partial charge < -0.3 is 10.0 Å². The van der Waals surface area contributed by atoms with Crippen molar-refractivity contribution in [2.24, 2.45) is 23.7 Å². The summed E-state index contributed by atoms with van der Waals surface area (Å²) in [7, 11) is 0. The van der Waals surface area contributed by atoms with E-state index in [-0.39, 0.29) is 17.7 Å². The Morgan fingerprint density at radius 3 is 2.20 bits per heavy atom. The third-order valence-electron chi connectivity index (χ3n) is 6.04. The Bertz CT molecular complexity index is 570. The summed E-state index contributed by atoms with van der Waals surface area (Å²) in [5.41, 5.74) is 0.765. The Balaban J connectivity index is 1.54. The van der Waals surface area contributed by atoms with Crippen LogP contribution >= 0.6 is 0 Å². The molecule has 1 aromatic carbocycles. The second kappa shape index (κ2) is 7.86. The van der Waals surface area contributed by atoms with Gasteiger partial charge in [-0.15, -0.1) is 0 Å². The number of aliphatic hydroxyl groups is 1. The summed E-state index contributed by atoms with van der Waals surface area (Å²) >= 11 is 0. The van der Waals surface area contributed by atoms with Gasteiger partial charge >= 0.3 is 0 Å². The Morgan fingerprint density at radius 2 is 1.64 bits per heavy atom. The van der Waals surface area contributed by atoms with Crippen LogP contribution in [0.5, 0.6) is 0 Å². The molecule has 2 fully saturated rings. The highest BCUT2D eigenvalue weighted by Crippen LogP contribution is 2.36. The van der Waals surface area contributed by atoms with Gasteiger partial charge in [0.15, 0.2) is 0 Å². The maximum absolute atomic E-state index is 13.0.